The Morgan fingerprint density at radius 2 is 2.00 bits per heavy atom. The van der Waals surface area contributed by atoms with Gasteiger partial charge in [-0.25, -0.2) is 0 Å². The molecule has 2 aliphatic heterocycles. The summed E-state index contributed by atoms with van der Waals surface area (Å²) >= 11 is 0. The van der Waals surface area contributed by atoms with Crippen molar-refractivity contribution >= 4 is 5.78 Å². The van der Waals surface area contributed by atoms with Crippen LogP contribution in [0.15, 0.2) is 0 Å². The fourth-order valence-corrected chi connectivity index (χ4v) is 3.66. The molecule has 4 heteroatoms. The van der Waals surface area contributed by atoms with Crippen molar-refractivity contribution in [3.05, 3.63) is 0 Å². The summed E-state index contributed by atoms with van der Waals surface area (Å²) in [6.45, 7) is 11.7. The zero-order valence-corrected chi connectivity index (χ0v) is 12.8. The highest BCUT2D eigenvalue weighted by Gasteiger charge is 2.54. The lowest BCUT2D eigenvalue weighted by Gasteiger charge is -2.32. The van der Waals surface area contributed by atoms with Gasteiger partial charge in [-0.3, -0.25) is 9.69 Å². The van der Waals surface area contributed by atoms with E-state index in [4.69, 9.17) is 4.74 Å². The van der Waals surface area contributed by atoms with E-state index in [1.165, 1.54) is 0 Å². The average molecular weight is 269 g/mol. The molecule has 0 aromatic heterocycles. The first-order chi connectivity index (χ1) is 8.69. The maximum absolute atomic E-state index is 12.5. The number of aliphatic hydroxyl groups is 1. The Hall–Kier alpha value is -0.450. The Kier molecular flexibility index (Phi) is 3.80. The summed E-state index contributed by atoms with van der Waals surface area (Å²) in [5.74, 6) is 0.578. The largest absolute Gasteiger partial charge is 0.395 e. The number of likely N-dealkylation sites (tertiary alicyclic amines) is 1. The van der Waals surface area contributed by atoms with Gasteiger partial charge in [0.1, 0.15) is 5.60 Å². The van der Waals surface area contributed by atoms with Crippen LogP contribution < -0.4 is 0 Å². The third kappa shape index (κ3) is 2.58. The van der Waals surface area contributed by atoms with Crippen LogP contribution in [0, 0.1) is 11.8 Å². The Bertz CT molecular complexity index is 364. The number of aliphatic hydroxyl groups excluding tert-OH is 1. The van der Waals surface area contributed by atoms with Crippen molar-refractivity contribution in [2.75, 3.05) is 19.7 Å². The molecular weight excluding hydrogens is 242 g/mol. The molecule has 0 aromatic rings. The van der Waals surface area contributed by atoms with Crippen molar-refractivity contribution in [1.82, 2.24) is 4.90 Å². The summed E-state index contributed by atoms with van der Waals surface area (Å²) in [6.07, 6.45) is 1.09. The minimum atomic E-state index is -0.686. The first kappa shape index (κ1) is 14.9. The lowest BCUT2D eigenvalue weighted by Crippen LogP contribution is -2.45. The molecule has 0 saturated carbocycles. The van der Waals surface area contributed by atoms with Crippen LogP contribution in [0.5, 0.6) is 0 Å². The molecule has 2 aliphatic rings. The molecule has 19 heavy (non-hydrogen) atoms. The van der Waals surface area contributed by atoms with Crippen LogP contribution in [0.1, 0.15) is 41.0 Å². The van der Waals surface area contributed by atoms with Gasteiger partial charge < -0.3 is 9.84 Å². The highest BCUT2D eigenvalue weighted by molar-refractivity contribution is 5.91. The van der Waals surface area contributed by atoms with Gasteiger partial charge in [-0.2, -0.15) is 0 Å². The summed E-state index contributed by atoms with van der Waals surface area (Å²) in [4.78, 5) is 14.8. The Morgan fingerprint density at radius 3 is 2.47 bits per heavy atom. The number of Topliss-reactive ketones (excluding diaryl/α,β-unsaturated/α-hetero) is 1. The SMILES string of the molecule is CC1CCN(CC2C(=O)C(C)(C)OC2(C)C)C1CO. The van der Waals surface area contributed by atoms with Crippen LogP contribution >= 0.6 is 0 Å². The highest BCUT2D eigenvalue weighted by Crippen LogP contribution is 2.40. The van der Waals surface area contributed by atoms with E-state index in [0.717, 1.165) is 13.0 Å². The van der Waals surface area contributed by atoms with E-state index in [2.05, 4.69) is 11.8 Å². The molecule has 0 spiro atoms. The van der Waals surface area contributed by atoms with Crippen molar-refractivity contribution in [1.29, 1.82) is 0 Å². The van der Waals surface area contributed by atoms with Gasteiger partial charge in [0.25, 0.3) is 0 Å². The van der Waals surface area contributed by atoms with Gasteiger partial charge in [0.2, 0.25) is 0 Å². The number of ketones is 1. The second-order valence-electron chi connectivity index (χ2n) is 7.14. The van der Waals surface area contributed by atoms with Crippen molar-refractivity contribution in [3.8, 4) is 0 Å². The standard InChI is InChI=1S/C15H27NO3/c1-10-6-7-16(12(10)9-17)8-11-13(18)15(4,5)19-14(11,2)3/h10-12,17H,6-9H2,1-5H3. The number of hydrogen-bond acceptors (Lipinski definition) is 4. The fourth-order valence-electron chi connectivity index (χ4n) is 3.66. The Morgan fingerprint density at radius 1 is 1.37 bits per heavy atom. The minimum Gasteiger partial charge on any atom is -0.395 e. The Labute approximate surface area is 116 Å². The molecule has 1 N–H and O–H groups in total. The lowest BCUT2D eigenvalue weighted by atomic mass is 9.85. The monoisotopic (exact) mass is 269 g/mol. The molecule has 3 unspecified atom stereocenters. The van der Waals surface area contributed by atoms with Crippen molar-refractivity contribution in [2.45, 2.75) is 58.3 Å². The normalized spacial score (nSPS) is 38.0. The summed E-state index contributed by atoms with van der Waals surface area (Å²) < 4.78 is 5.93. The smallest absolute Gasteiger partial charge is 0.171 e. The minimum absolute atomic E-state index is 0.109. The van der Waals surface area contributed by atoms with Crippen molar-refractivity contribution < 1.29 is 14.6 Å². The predicted molar refractivity (Wildman–Crippen MR) is 74.0 cm³/mol. The van der Waals surface area contributed by atoms with Crippen molar-refractivity contribution in [2.24, 2.45) is 11.8 Å². The summed E-state index contributed by atoms with van der Waals surface area (Å²) in [6, 6.07) is 0.187. The van der Waals surface area contributed by atoms with E-state index in [1.54, 1.807) is 0 Å². The zero-order valence-electron chi connectivity index (χ0n) is 12.8. The molecule has 2 heterocycles. The predicted octanol–water partition coefficient (Wildman–Crippen LogP) is 1.46. The van der Waals surface area contributed by atoms with Gasteiger partial charge in [-0.15, -0.1) is 0 Å². The second kappa shape index (κ2) is 4.83. The number of ether oxygens (including phenoxy) is 1. The van der Waals surface area contributed by atoms with Crippen LogP contribution in [-0.4, -0.2) is 52.7 Å². The Balaban J connectivity index is 2.12. The maximum atomic E-state index is 12.5. The molecule has 0 aliphatic carbocycles. The summed E-state index contributed by atoms with van der Waals surface area (Å²) in [7, 11) is 0. The number of hydrogen-bond donors (Lipinski definition) is 1. The second-order valence-corrected chi connectivity index (χ2v) is 7.14. The van der Waals surface area contributed by atoms with Crippen LogP contribution in [0.3, 0.4) is 0 Å². The molecule has 0 aromatic carbocycles. The van der Waals surface area contributed by atoms with Crippen LogP contribution in [0.25, 0.3) is 0 Å². The number of nitrogens with zero attached hydrogens (tertiary/aromatic N) is 1. The van der Waals surface area contributed by atoms with E-state index in [0.29, 0.717) is 12.5 Å². The van der Waals surface area contributed by atoms with E-state index >= 15 is 0 Å². The molecule has 2 saturated heterocycles. The fraction of sp³-hybridized carbons (Fsp3) is 0.933. The van der Waals surface area contributed by atoms with Gasteiger partial charge in [-0.05, 0) is 46.6 Å². The lowest BCUT2D eigenvalue weighted by molar-refractivity contribution is -0.132. The van der Waals surface area contributed by atoms with E-state index in [9.17, 15) is 9.90 Å². The van der Waals surface area contributed by atoms with Crippen molar-refractivity contribution in [3.63, 3.8) is 0 Å². The molecule has 2 fully saturated rings. The zero-order chi connectivity index (χ0) is 14.4. The van der Waals surface area contributed by atoms with E-state index in [1.807, 2.05) is 27.7 Å². The number of carbonyl (C=O) groups excluding carboxylic acids is 1. The molecule has 0 bridgehead atoms. The quantitative estimate of drug-likeness (QED) is 0.843. The number of rotatable bonds is 3. The van der Waals surface area contributed by atoms with Gasteiger partial charge >= 0.3 is 0 Å². The molecule has 0 amide bonds. The molecule has 4 nitrogen and oxygen atoms in total. The maximum Gasteiger partial charge on any atom is 0.171 e. The van der Waals surface area contributed by atoms with Gasteiger partial charge in [-0.1, -0.05) is 6.92 Å². The molecule has 0 radical (unpaired) electrons. The highest BCUT2D eigenvalue weighted by atomic mass is 16.5. The van der Waals surface area contributed by atoms with Gasteiger partial charge in [0.15, 0.2) is 5.78 Å². The average Bonchev–Trinajstić information content (AvgIpc) is 2.70. The van der Waals surface area contributed by atoms with Gasteiger partial charge in [0.05, 0.1) is 18.1 Å². The first-order valence-corrected chi connectivity index (χ1v) is 7.28. The number of carbonyl (C=O) groups is 1. The summed E-state index contributed by atoms with van der Waals surface area (Å²) in [5.41, 5.74) is -1.11. The van der Waals surface area contributed by atoms with Gasteiger partial charge in [0, 0.05) is 12.6 Å². The topological polar surface area (TPSA) is 49.8 Å². The third-order valence-electron chi connectivity index (χ3n) is 4.87. The van der Waals surface area contributed by atoms with Crippen LogP contribution in [0.2, 0.25) is 0 Å². The molecule has 3 atom stereocenters. The molecule has 2 rings (SSSR count). The molecular formula is C15H27NO3. The summed E-state index contributed by atoms with van der Waals surface area (Å²) in [5, 5.41) is 9.52. The van der Waals surface area contributed by atoms with Crippen LogP contribution in [-0.2, 0) is 9.53 Å². The van der Waals surface area contributed by atoms with Crippen LogP contribution in [0.4, 0.5) is 0 Å². The molecule has 110 valence electrons. The third-order valence-corrected chi connectivity index (χ3v) is 4.87. The van der Waals surface area contributed by atoms with E-state index < -0.39 is 11.2 Å². The van der Waals surface area contributed by atoms with E-state index in [-0.39, 0.29) is 24.3 Å². The first-order valence-electron chi connectivity index (χ1n) is 7.28.